The van der Waals surface area contributed by atoms with Crippen molar-refractivity contribution in [1.29, 1.82) is 0 Å². The van der Waals surface area contributed by atoms with Gasteiger partial charge in [-0.1, -0.05) is 0 Å². The lowest BCUT2D eigenvalue weighted by Crippen LogP contribution is -2.02. The summed E-state index contributed by atoms with van der Waals surface area (Å²) in [6, 6.07) is 19.5. The SMILES string of the molecule is COc1ccc(-c2cc3cc(C(O)c4c(-c5ccc(OC)c(OC)c5)oc5c(OC)cc(C=O)cc45)cc(OC)c3o2)cc1OC. The molecule has 6 aromatic rings. The highest BCUT2D eigenvalue weighted by molar-refractivity contribution is 5.97. The minimum Gasteiger partial charge on any atom is -0.493 e. The van der Waals surface area contributed by atoms with E-state index in [0.717, 1.165) is 11.8 Å². The van der Waals surface area contributed by atoms with Gasteiger partial charge < -0.3 is 42.4 Å². The van der Waals surface area contributed by atoms with E-state index in [1.54, 1.807) is 63.8 Å². The molecule has 0 aliphatic carbocycles. The molecule has 2 heterocycles. The predicted octanol–water partition coefficient (Wildman–Crippen LogP) is 7.46. The number of rotatable bonds is 11. The van der Waals surface area contributed by atoms with Crippen LogP contribution in [-0.2, 0) is 0 Å². The largest absolute Gasteiger partial charge is 0.493 e. The standard InChI is InChI=1S/C36H32O10/c1-39-25-9-7-20(14-28(25)41-3)27-17-23-13-22(16-31(44-6)34(23)45-27)33(38)32-24-11-19(18-37)12-30(43-5)36(24)46-35(32)21-8-10-26(40-2)29(15-21)42-4/h7-18,33,38H,1-6H3. The molecule has 10 heteroatoms. The van der Waals surface area contributed by atoms with Crippen LogP contribution in [0, 0.1) is 0 Å². The first-order chi connectivity index (χ1) is 22.4. The summed E-state index contributed by atoms with van der Waals surface area (Å²) in [5.41, 5.74) is 3.55. The van der Waals surface area contributed by atoms with Gasteiger partial charge in [-0.2, -0.15) is 0 Å². The van der Waals surface area contributed by atoms with Crippen LogP contribution in [0.15, 0.2) is 75.6 Å². The zero-order chi connectivity index (χ0) is 32.5. The van der Waals surface area contributed by atoms with Crippen LogP contribution in [0.2, 0.25) is 0 Å². The van der Waals surface area contributed by atoms with E-state index in [0.29, 0.717) is 90.2 Å². The van der Waals surface area contributed by atoms with Crippen molar-refractivity contribution in [1.82, 2.24) is 0 Å². The van der Waals surface area contributed by atoms with Crippen LogP contribution in [0.5, 0.6) is 34.5 Å². The molecule has 236 valence electrons. The van der Waals surface area contributed by atoms with E-state index in [1.807, 2.05) is 24.3 Å². The number of aldehydes is 1. The molecule has 46 heavy (non-hydrogen) atoms. The Balaban J connectivity index is 1.55. The number of fused-ring (bicyclic) bond motifs is 2. The van der Waals surface area contributed by atoms with Crippen LogP contribution >= 0.6 is 0 Å². The second kappa shape index (κ2) is 12.4. The number of aliphatic hydroxyl groups excluding tert-OH is 1. The van der Waals surface area contributed by atoms with Gasteiger partial charge in [0.25, 0.3) is 0 Å². The van der Waals surface area contributed by atoms with Gasteiger partial charge in [0.05, 0.1) is 42.7 Å². The molecule has 1 N–H and O–H groups in total. The average molecular weight is 625 g/mol. The van der Waals surface area contributed by atoms with Gasteiger partial charge >= 0.3 is 0 Å². The number of aliphatic hydroxyl groups is 1. The third kappa shape index (κ3) is 5.12. The van der Waals surface area contributed by atoms with Crippen LogP contribution in [-0.4, -0.2) is 54.1 Å². The van der Waals surface area contributed by atoms with Crippen molar-refractivity contribution in [3.63, 3.8) is 0 Å². The number of ether oxygens (including phenoxy) is 6. The fourth-order valence-electron chi connectivity index (χ4n) is 5.64. The Morgan fingerprint density at radius 1 is 0.609 bits per heavy atom. The summed E-state index contributed by atoms with van der Waals surface area (Å²) >= 11 is 0. The first kappa shape index (κ1) is 30.4. The van der Waals surface area contributed by atoms with Crippen molar-refractivity contribution in [2.45, 2.75) is 6.10 Å². The van der Waals surface area contributed by atoms with Crippen LogP contribution < -0.4 is 28.4 Å². The summed E-state index contributed by atoms with van der Waals surface area (Å²) in [5.74, 6) is 3.87. The smallest absolute Gasteiger partial charge is 0.177 e. The quantitative estimate of drug-likeness (QED) is 0.146. The average Bonchev–Trinajstić information content (AvgIpc) is 3.72. The summed E-state index contributed by atoms with van der Waals surface area (Å²) in [7, 11) is 9.26. The third-order valence-corrected chi connectivity index (χ3v) is 7.90. The maximum Gasteiger partial charge on any atom is 0.177 e. The maximum atomic E-state index is 12.1. The Labute approximate surface area is 264 Å². The second-order valence-corrected chi connectivity index (χ2v) is 10.4. The van der Waals surface area contributed by atoms with Gasteiger partial charge in [0.1, 0.15) is 23.9 Å². The lowest BCUT2D eigenvalue weighted by Gasteiger charge is -2.15. The zero-order valence-electron chi connectivity index (χ0n) is 26.1. The van der Waals surface area contributed by atoms with E-state index < -0.39 is 6.10 Å². The van der Waals surface area contributed by atoms with Crippen molar-refractivity contribution in [3.05, 3.63) is 83.4 Å². The van der Waals surface area contributed by atoms with Crippen LogP contribution in [0.4, 0.5) is 0 Å². The van der Waals surface area contributed by atoms with E-state index in [4.69, 9.17) is 37.3 Å². The number of hydrogen-bond donors (Lipinski definition) is 1. The van der Waals surface area contributed by atoms with Gasteiger partial charge in [-0.25, -0.2) is 0 Å². The molecule has 0 amide bonds. The highest BCUT2D eigenvalue weighted by Gasteiger charge is 2.28. The van der Waals surface area contributed by atoms with Gasteiger partial charge in [-0.05, 0) is 72.3 Å². The Morgan fingerprint density at radius 3 is 1.80 bits per heavy atom. The molecule has 10 nitrogen and oxygen atoms in total. The summed E-state index contributed by atoms with van der Waals surface area (Å²) in [6.07, 6.45) is -0.508. The van der Waals surface area contributed by atoms with E-state index in [-0.39, 0.29) is 0 Å². The minimum atomic E-state index is -1.23. The Bertz CT molecular complexity index is 2070. The molecule has 0 aliphatic heterocycles. The summed E-state index contributed by atoms with van der Waals surface area (Å²) in [6.45, 7) is 0. The summed E-state index contributed by atoms with van der Waals surface area (Å²) < 4.78 is 45.8. The molecular formula is C36H32O10. The summed E-state index contributed by atoms with van der Waals surface area (Å²) in [5, 5.41) is 13.4. The predicted molar refractivity (Wildman–Crippen MR) is 172 cm³/mol. The first-order valence-corrected chi connectivity index (χ1v) is 14.2. The molecule has 4 aromatic carbocycles. The van der Waals surface area contributed by atoms with Crippen LogP contribution in [0.1, 0.15) is 27.6 Å². The molecule has 1 atom stereocenters. The van der Waals surface area contributed by atoms with E-state index in [2.05, 4.69) is 0 Å². The van der Waals surface area contributed by atoms with Crippen molar-refractivity contribution < 1.29 is 47.2 Å². The Morgan fingerprint density at radius 2 is 1.20 bits per heavy atom. The fourth-order valence-corrected chi connectivity index (χ4v) is 5.64. The van der Waals surface area contributed by atoms with Gasteiger partial charge in [0, 0.05) is 33.0 Å². The molecule has 0 saturated carbocycles. The lowest BCUT2D eigenvalue weighted by molar-refractivity contribution is 0.112. The van der Waals surface area contributed by atoms with Gasteiger partial charge in [-0.15, -0.1) is 0 Å². The third-order valence-electron chi connectivity index (χ3n) is 7.90. The molecular weight excluding hydrogens is 592 g/mol. The Kier molecular flexibility index (Phi) is 8.21. The molecule has 0 fully saturated rings. The minimum absolute atomic E-state index is 0.349. The van der Waals surface area contributed by atoms with Crippen molar-refractivity contribution >= 4 is 28.2 Å². The highest BCUT2D eigenvalue weighted by Crippen LogP contribution is 2.46. The molecule has 0 spiro atoms. The molecule has 0 aliphatic rings. The molecule has 0 radical (unpaired) electrons. The van der Waals surface area contributed by atoms with Crippen molar-refractivity contribution in [3.8, 4) is 57.1 Å². The van der Waals surface area contributed by atoms with Crippen LogP contribution in [0.3, 0.4) is 0 Å². The van der Waals surface area contributed by atoms with Crippen molar-refractivity contribution in [2.75, 3.05) is 42.7 Å². The molecule has 2 aromatic heterocycles. The number of furan rings is 2. The van der Waals surface area contributed by atoms with E-state index in [1.165, 1.54) is 21.3 Å². The second-order valence-electron chi connectivity index (χ2n) is 10.4. The monoisotopic (exact) mass is 624 g/mol. The molecule has 0 saturated heterocycles. The molecule has 6 rings (SSSR count). The van der Waals surface area contributed by atoms with E-state index >= 15 is 0 Å². The topological polar surface area (TPSA) is 119 Å². The normalized spacial score (nSPS) is 11.8. The number of benzene rings is 4. The molecule has 0 bridgehead atoms. The zero-order valence-corrected chi connectivity index (χ0v) is 26.1. The fraction of sp³-hybridized carbons (Fsp3) is 0.194. The maximum absolute atomic E-state index is 12.1. The van der Waals surface area contributed by atoms with Crippen LogP contribution in [0.25, 0.3) is 44.6 Å². The number of methoxy groups -OCH3 is 6. The number of carbonyl (C=O) groups is 1. The van der Waals surface area contributed by atoms with Gasteiger partial charge in [0.15, 0.2) is 45.7 Å². The number of hydrogen-bond acceptors (Lipinski definition) is 10. The summed E-state index contributed by atoms with van der Waals surface area (Å²) in [4.78, 5) is 11.9. The van der Waals surface area contributed by atoms with Crippen molar-refractivity contribution in [2.24, 2.45) is 0 Å². The lowest BCUT2D eigenvalue weighted by atomic mass is 9.94. The Hall–Kier alpha value is -5.61. The highest BCUT2D eigenvalue weighted by atomic mass is 16.5. The number of carbonyl (C=O) groups excluding carboxylic acids is 1. The van der Waals surface area contributed by atoms with E-state index in [9.17, 15) is 9.90 Å². The van der Waals surface area contributed by atoms with Gasteiger partial charge in [0.2, 0.25) is 0 Å². The molecule has 1 unspecified atom stereocenters. The van der Waals surface area contributed by atoms with Gasteiger partial charge in [-0.3, -0.25) is 4.79 Å². The first-order valence-electron chi connectivity index (χ1n) is 14.2.